The highest BCUT2D eigenvalue weighted by molar-refractivity contribution is 7.17. The molecule has 2 heterocycles. The third-order valence-electron chi connectivity index (χ3n) is 4.19. The predicted molar refractivity (Wildman–Crippen MR) is 80.6 cm³/mol. The minimum atomic E-state index is -0.0146. The number of piperidine rings is 1. The number of Topliss-reactive ketones (excluding diaryl/α,β-unsaturated/α-hetero) is 1. The van der Waals surface area contributed by atoms with Crippen molar-refractivity contribution in [3.05, 3.63) is 11.1 Å². The Hall–Kier alpha value is -0.980. The number of ketones is 1. The highest BCUT2D eigenvalue weighted by atomic mass is 35.5. The summed E-state index contributed by atoms with van der Waals surface area (Å²) < 4.78 is 0. The van der Waals surface area contributed by atoms with Crippen LogP contribution in [0.5, 0.6) is 0 Å². The topological polar surface area (TPSA) is 71.1 Å². The fourth-order valence-electron chi connectivity index (χ4n) is 2.88. The van der Waals surface area contributed by atoms with Gasteiger partial charge >= 0.3 is 0 Å². The average Bonchev–Trinajstić information content (AvgIpc) is 2.86. The van der Waals surface area contributed by atoms with Gasteiger partial charge in [0.15, 0.2) is 10.9 Å². The molecular formula is C13H18ClN3O2S. The molecule has 0 radical (unpaired) electrons. The van der Waals surface area contributed by atoms with Crippen LogP contribution in [0.1, 0.15) is 35.9 Å². The highest BCUT2D eigenvalue weighted by Gasteiger charge is 2.57. The molecule has 7 heteroatoms. The van der Waals surface area contributed by atoms with E-state index in [1.54, 1.807) is 0 Å². The minimum Gasteiger partial charge on any atom is -0.317 e. The van der Waals surface area contributed by atoms with Gasteiger partial charge in [-0.05, 0) is 37.8 Å². The lowest BCUT2D eigenvalue weighted by Gasteiger charge is -2.22. The zero-order valence-corrected chi connectivity index (χ0v) is 12.9. The summed E-state index contributed by atoms with van der Waals surface area (Å²) in [5.41, 5.74) is 0.232. The molecule has 1 saturated carbocycles. The van der Waals surface area contributed by atoms with Crippen molar-refractivity contribution >= 4 is 40.6 Å². The molecule has 2 aliphatic rings. The number of anilines is 1. The Balaban J connectivity index is 0.00000147. The van der Waals surface area contributed by atoms with E-state index in [1.165, 1.54) is 24.5 Å². The van der Waals surface area contributed by atoms with Crippen LogP contribution in [-0.2, 0) is 4.79 Å². The van der Waals surface area contributed by atoms with Crippen LogP contribution in [0.15, 0.2) is 6.20 Å². The standard InChI is InChI=1S/C13H17N3O2S.ClH/c1-8(17)10-7-15-12(19-10)16-11(18)9-6-13(9)2-4-14-5-3-13;/h7,9,14H,2-6H2,1H3,(H,15,16,18);1H. The van der Waals surface area contributed by atoms with Crippen LogP contribution in [-0.4, -0.2) is 29.8 Å². The van der Waals surface area contributed by atoms with Gasteiger partial charge in [-0.25, -0.2) is 4.98 Å². The molecule has 2 N–H and O–H groups in total. The van der Waals surface area contributed by atoms with Crippen molar-refractivity contribution in [3.63, 3.8) is 0 Å². The van der Waals surface area contributed by atoms with Crippen molar-refractivity contribution < 1.29 is 9.59 Å². The Labute approximate surface area is 128 Å². The first-order valence-electron chi connectivity index (χ1n) is 6.59. The van der Waals surface area contributed by atoms with E-state index in [2.05, 4.69) is 15.6 Å². The van der Waals surface area contributed by atoms with Gasteiger partial charge in [0.05, 0.1) is 11.1 Å². The molecule has 1 aliphatic carbocycles. The van der Waals surface area contributed by atoms with Gasteiger partial charge in [0.2, 0.25) is 5.91 Å². The summed E-state index contributed by atoms with van der Waals surface area (Å²) in [7, 11) is 0. The number of hydrogen-bond acceptors (Lipinski definition) is 5. The summed E-state index contributed by atoms with van der Waals surface area (Å²) in [5.74, 6) is 0.171. The number of halogens is 1. The van der Waals surface area contributed by atoms with Crippen LogP contribution in [0.4, 0.5) is 5.13 Å². The number of nitrogens with zero attached hydrogens (tertiary/aromatic N) is 1. The molecule has 110 valence electrons. The molecule has 1 aromatic heterocycles. The molecule has 1 saturated heterocycles. The number of amides is 1. The lowest BCUT2D eigenvalue weighted by atomic mass is 9.92. The summed E-state index contributed by atoms with van der Waals surface area (Å²) >= 11 is 1.24. The van der Waals surface area contributed by atoms with E-state index in [0.29, 0.717) is 10.0 Å². The zero-order chi connectivity index (χ0) is 13.5. The van der Waals surface area contributed by atoms with E-state index in [-0.39, 0.29) is 35.4 Å². The van der Waals surface area contributed by atoms with E-state index in [1.807, 2.05) is 0 Å². The average molecular weight is 316 g/mol. The Bertz CT molecular complexity index is 525. The SMILES string of the molecule is CC(=O)c1cnc(NC(=O)C2CC23CCNCC3)s1.Cl. The van der Waals surface area contributed by atoms with Crippen LogP contribution >= 0.6 is 23.7 Å². The van der Waals surface area contributed by atoms with E-state index in [4.69, 9.17) is 0 Å². The number of hydrogen-bond donors (Lipinski definition) is 2. The summed E-state index contributed by atoms with van der Waals surface area (Å²) in [6.07, 6.45) is 4.69. The van der Waals surface area contributed by atoms with Crippen LogP contribution in [0.25, 0.3) is 0 Å². The lowest BCUT2D eigenvalue weighted by molar-refractivity contribution is -0.118. The van der Waals surface area contributed by atoms with Crippen molar-refractivity contribution in [2.45, 2.75) is 26.2 Å². The molecule has 0 aromatic carbocycles. The molecule has 3 rings (SSSR count). The van der Waals surface area contributed by atoms with Crippen molar-refractivity contribution in [3.8, 4) is 0 Å². The Morgan fingerprint density at radius 1 is 1.45 bits per heavy atom. The monoisotopic (exact) mass is 315 g/mol. The molecular weight excluding hydrogens is 298 g/mol. The third kappa shape index (κ3) is 2.87. The van der Waals surface area contributed by atoms with Crippen molar-refractivity contribution in [1.29, 1.82) is 0 Å². The minimum absolute atomic E-state index is 0. The van der Waals surface area contributed by atoms with Crippen molar-refractivity contribution in [1.82, 2.24) is 10.3 Å². The van der Waals surface area contributed by atoms with Gasteiger partial charge in [0.1, 0.15) is 0 Å². The molecule has 1 atom stereocenters. The lowest BCUT2D eigenvalue weighted by Crippen LogP contribution is -2.31. The van der Waals surface area contributed by atoms with Gasteiger partial charge in [-0.1, -0.05) is 11.3 Å². The van der Waals surface area contributed by atoms with Gasteiger partial charge < -0.3 is 10.6 Å². The maximum atomic E-state index is 12.2. The second-order valence-electron chi connectivity index (χ2n) is 5.44. The second-order valence-corrected chi connectivity index (χ2v) is 6.47. The molecule has 1 unspecified atom stereocenters. The molecule has 1 aliphatic heterocycles. The fraction of sp³-hybridized carbons (Fsp3) is 0.615. The summed E-state index contributed by atoms with van der Waals surface area (Å²) in [5, 5.41) is 6.71. The van der Waals surface area contributed by atoms with Gasteiger partial charge in [-0.2, -0.15) is 0 Å². The van der Waals surface area contributed by atoms with E-state index >= 15 is 0 Å². The van der Waals surface area contributed by atoms with E-state index in [9.17, 15) is 9.59 Å². The van der Waals surface area contributed by atoms with E-state index < -0.39 is 0 Å². The normalized spacial score (nSPS) is 22.9. The Kier molecular flexibility index (Phi) is 4.46. The van der Waals surface area contributed by atoms with Crippen LogP contribution in [0.2, 0.25) is 0 Å². The number of aromatic nitrogens is 1. The predicted octanol–water partition coefficient (Wildman–Crippen LogP) is 2.10. The molecule has 0 bridgehead atoms. The van der Waals surface area contributed by atoms with Gasteiger partial charge in [-0.3, -0.25) is 9.59 Å². The van der Waals surface area contributed by atoms with Crippen molar-refractivity contribution in [2.75, 3.05) is 18.4 Å². The maximum absolute atomic E-state index is 12.2. The molecule has 5 nitrogen and oxygen atoms in total. The Morgan fingerprint density at radius 3 is 2.75 bits per heavy atom. The van der Waals surface area contributed by atoms with Crippen LogP contribution in [0.3, 0.4) is 0 Å². The number of carbonyl (C=O) groups excluding carboxylic acids is 2. The quantitative estimate of drug-likeness (QED) is 0.838. The third-order valence-corrected chi connectivity index (χ3v) is 5.20. The summed E-state index contributed by atoms with van der Waals surface area (Å²) in [6, 6.07) is 0. The number of carbonyl (C=O) groups is 2. The molecule has 20 heavy (non-hydrogen) atoms. The van der Waals surface area contributed by atoms with Gasteiger partial charge in [-0.15, -0.1) is 12.4 Å². The largest absolute Gasteiger partial charge is 0.317 e. The maximum Gasteiger partial charge on any atom is 0.229 e. The second kappa shape index (κ2) is 5.79. The van der Waals surface area contributed by atoms with Gasteiger partial charge in [0.25, 0.3) is 0 Å². The first-order valence-corrected chi connectivity index (χ1v) is 7.41. The number of thiazole rings is 1. The first-order chi connectivity index (χ1) is 9.11. The van der Waals surface area contributed by atoms with Crippen LogP contribution in [0, 0.1) is 11.3 Å². The fourth-order valence-corrected chi connectivity index (χ4v) is 3.60. The molecule has 1 aromatic rings. The zero-order valence-electron chi connectivity index (χ0n) is 11.3. The Morgan fingerprint density at radius 2 is 2.15 bits per heavy atom. The molecule has 2 fully saturated rings. The van der Waals surface area contributed by atoms with E-state index in [0.717, 1.165) is 32.4 Å². The molecule has 1 amide bonds. The highest BCUT2D eigenvalue weighted by Crippen LogP contribution is 2.58. The smallest absolute Gasteiger partial charge is 0.229 e. The first kappa shape index (κ1) is 15.4. The van der Waals surface area contributed by atoms with Gasteiger partial charge in [0, 0.05) is 12.8 Å². The summed E-state index contributed by atoms with van der Waals surface area (Å²) in [6.45, 7) is 3.52. The number of nitrogens with one attached hydrogen (secondary N) is 2. The number of rotatable bonds is 3. The van der Waals surface area contributed by atoms with Crippen LogP contribution < -0.4 is 10.6 Å². The molecule has 1 spiro atoms. The van der Waals surface area contributed by atoms with Crippen molar-refractivity contribution in [2.24, 2.45) is 11.3 Å². The summed E-state index contributed by atoms with van der Waals surface area (Å²) in [4.78, 5) is 28.0.